The quantitative estimate of drug-likeness (QED) is 0.795. The van der Waals surface area contributed by atoms with E-state index in [0.717, 1.165) is 0 Å². The van der Waals surface area contributed by atoms with Gasteiger partial charge in [-0.2, -0.15) is 0 Å². The van der Waals surface area contributed by atoms with Crippen molar-refractivity contribution in [2.45, 2.75) is 0 Å². The first-order chi connectivity index (χ1) is 11.2. The fourth-order valence-electron chi connectivity index (χ4n) is 1.97. The minimum absolute atomic E-state index is 0.231. The van der Waals surface area contributed by atoms with Crippen molar-refractivity contribution in [1.29, 1.82) is 0 Å². The number of ether oxygens (including phenoxy) is 3. The average Bonchev–Trinajstić information content (AvgIpc) is 2.60. The third-order valence-electron chi connectivity index (χ3n) is 3.13. The second-order valence-electron chi connectivity index (χ2n) is 4.65. The highest BCUT2D eigenvalue weighted by molar-refractivity contribution is 6.04. The number of nitrogens with one attached hydrogen (secondary N) is 1. The minimum atomic E-state index is -0.231. The summed E-state index contributed by atoms with van der Waals surface area (Å²) in [4.78, 5) is 12.3. The van der Waals surface area contributed by atoms with E-state index in [-0.39, 0.29) is 5.91 Å². The third-order valence-corrected chi connectivity index (χ3v) is 3.13. The number of rotatable bonds is 7. The maximum Gasteiger partial charge on any atom is 0.255 e. The first-order valence-electron chi connectivity index (χ1n) is 7.05. The summed E-state index contributed by atoms with van der Waals surface area (Å²) in [5.41, 5.74) is 1.16. The van der Waals surface area contributed by atoms with Crippen LogP contribution in [0.4, 0.5) is 5.69 Å². The Kier molecular flexibility index (Phi) is 5.63. The molecule has 120 valence electrons. The van der Waals surface area contributed by atoms with Gasteiger partial charge in [0.1, 0.15) is 12.4 Å². The normalized spacial score (nSPS) is 9.83. The zero-order valence-corrected chi connectivity index (χ0v) is 13.2. The van der Waals surface area contributed by atoms with Crippen LogP contribution in [-0.2, 0) is 0 Å². The van der Waals surface area contributed by atoms with Gasteiger partial charge in [0.05, 0.1) is 14.2 Å². The molecule has 0 atom stereocenters. The van der Waals surface area contributed by atoms with Crippen LogP contribution in [-0.4, -0.2) is 26.7 Å². The van der Waals surface area contributed by atoms with Crippen molar-refractivity contribution < 1.29 is 19.0 Å². The van der Waals surface area contributed by atoms with E-state index in [0.29, 0.717) is 35.1 Å². The van der Waals surface area contributed by atoms with Gasteiger partial charge in [-0.15, -0.1) is 0 Å². The van der Waals surface area contributed by atoms with E-state index in [2.05, 4.69) is 11.9 Å². The number of hydrogen-bond acceptors (Lipinski definition) is 4. The van der Waals surface area contributed by atoms with Crippen LogP contribution in [0, 0.1) is 0 Å². The second-order valence-corrected chi connectivity index (χ2v) is 4.65. The van der Waals surface area contributed by atoms with Crippen LogP contribution in [0.2, 0.25) is 0 Å². The predicted molar refractivity (Wildman–Crippen MR) is 89.6 cm³/mol. The molecule has 5 heteroatoms. The Morgan fingerprint density at radius 3 is 2.39 bits per heavy atom. The van der Waals surface area contributed by atoms with Crippen molar-refractivity contribution in [1.82, 2.24) is 0 Å². The number of benzene rings is 2. The zero-order valence-electron chi connectivity index (χ0n) is 13.2. The van der Waals surface area contributed by atoms with Gasteiger partial charge in [-0.3, -0.25) is 4.79 Å². The highest BCUT2D eigenvalue weighted by Crippen LogP contribution is 2.28. The lowest BCUT2D eigenvalue weighted by molar-refractivity contribution is 0.102. The summed E-state index contributed by atoms with van der Waals surface area (Å²) < 4.78 is 15.8. The van der Waals surface area contributed by atoms with Crippen molar-refractivity contribution >= 4 is 11.6 Å². The molecule has 1 N–H and O–H groups in total. The fourth-order valence-corrected chi connectivity index (χ4v) is 1.97. The molecule has 0 heterocycles. The number of amides is 1. The lowest BCUT2D eigenvalue weighted by Gasteiger charge is -2.10. The van der Waals surface area contributed by atoms with Gasteiger partial charge < -0.3 is 19.5 Å². The van der Waals surface area contributed by atoms with Crippen molar-refractivity contribution in [3.05, 3.63) is 60.7 Å². The van der Waals surface area contributed by atoms with Crippen LogP contribution in [0.15, 0.2) is 55.1 Å². The van der Waals surface area contributed by atoms with E-state index < -0.39 is 0 Å². The molecule has 0 saturated carbocycles. The molecule has 0 aromatic heterocycles. The first-order valence-corrected chi connectivity index (χ1v) is 7.05. The maximum atomic E-state index is 12.3. The van der Waals surface area contributed by atoms with E-state index in [1.54, 1.807) is 55.7 Å². The van der Waals surface area contributed by atoms with Gasteiger partial charge >= 0.3 is 0 Å². The lowest BCUT2D eigenvalue weighted by Crippen LogP contribution is -2.12. The molecule has 1 amide bonds. The molecule has 2 rings (SSSR count). The van der Waals surface area contributed by atoms with E-state index in [1.807, 2.05) is 0 Å². The first kappa shape index (κ1) is 16.4. The number of hydrogen-bond donors (Lipinski definition) is 1. The number of methoxy groups -OCH3 is 2. The van der Waals surface area contributed by atoms with Crippen molar-refractivity contribution in [2.24, 2.45) is 0 Å². The molecular weight excluding hydrogens is 294 g/mol. The van der Waals surface area contributed by atoms with Gasteiger partial charge in [-0.25, -0.2) is 0 Å². The van der Waals surface area contributed by atoms with Gasteiger partial charge in [-0.05, 0) is 42.5 Å². The van der Waals surface area contributed by atoms with E-state index in [1.165, 1.54) is 7.11 Å². The molecule has 0 saturated heterocycles. The summed E-state index contributed by atoms with van der Waals surface area (Å²) in [6.07, 6.45) is 1.67. The van der Waals surface area contributed by atoms with Crippen LogP contribution in [0.5, 0.6) is 17.2 Å². The SMILES string of the molecule is C=CCOc1ccc(NC(=O)c2ccc(OC)c(OC)c2)cc1. The van der Waals surface area contributed by atoms with Crippen molar-refractivity contribution in [3.63, 3.8) is 0 Å². The summed E-state index contributed by atoms with van der Waals surface area (Å²) in [6.45, 7) is 4.03. The molecular formula is C18H19NO4. The topological polar surface area (TPSA) is 56.8 Å². The summed E-state index contributed by atoms with van der Waals surface area (Å²) in [5, 5.41) is 2.82. The molecule has 0 radical (unpaired) electrons. The Morgan fingerprint density at radius 1 is 1.09 bits per heavy atom. The van der Waals surface area contributed by atoms with Crippen LogP contribution in [0.1, 0.15) is 10.4 Å². The molecule has 0 spiro atoms. The van der Waals surface area contributed by atoms with Crippen LogP contribution in [0.25, 0.3) is 0 Å². The van der Waals surface area contributed by atoms with Gasteiger partial charge in [0.25, 0.3) is 5.91 Å². The lowest BCUT2D eigenvalue weighted by atomic mass is 10.2. The molecule has 5 nitrogen and oxygen atoms in total. The molecule has 0 aliphatic heterocycles. The largest absolute Gasteiger partial charge is 0.493 e. The molecule has 0 aliphatic rings. The second kappa shape index (κ2) is 7.89. The fraction of sp³-hybridized carbons (Fsp3) is 0.167. The highest BCUT2D eigenvalue weighted by Gasteiger charge is 2.11. The van der Waals surface area contributed by atoms with Crippen LogP contribution < -0.4 is 19.5 Å². The van der Waals surface area contributed by atoms with Crippen molar-refractivity contribution in [3.8, 4) is 17.2 Å². The number of carbonyl (C=O) groups excluding carboxylic acids is 1. The van der Waals surface area contributed by atoms with Crippen LogP contribution in [0.3, 0.4) is 0 Å². The third kappa shape index (κ3) is 4.26. The summed E-state index contributed by atoms with van der Waals surface area (Å²) >= 11 is 0. The number of anilines is 1. The Balaban J connectivity index is 2.08. The molecule has 2 aromatic carbocycles. The zero-order chi connectivity index (χ0) is 16.7. The molecule has 23 heavy (non-hydrogen) atoms. The smallest absolute Gasteiger partial charge is 0.255 e. The minimum Gasteiger partial charge on any atom is -0.493 e. The monoisotopic (exact) mass is 313 g/mol. The molecule has 0 unspecified atom stereocenters. The Bertz CT molecular complexity index is 680. The molecule has 2 aromatic rings. The summed E-state index contributed by atoms with van der Waals surface area (Å²) in [7, 11) is 3.08. The molecule has 0 aliphatic carbocycles. The molecule has 0 bridgehead atoms. The van der Waals surface area contributed by atoms with Crippen LogP contribution >= 0.6 is 0 Å². The number of carbonyl (C=O) groups is 1. The maximum absolute atomic E-state index is 12.3. The van der Waals surface area contributed by atoms with E-state index in [4.69, 9.17) is 14.2 Å². The summed E-state index contributed by atoms with van der Waals surface area (Å²) in [5.74, 6) is 1.57. The van der Waals surface area contributed by atoms with Crippen molar-refractivity contribution in [2.75, 3.05) is 26.1 Å². The standard InChI is InChI=1S/C18H19NO4/c1-4-11-23-15-8-6-14(7-9-15)19-18(20)13-5-10-16(21-2)17(12-13)22-3/h4-10,12H,1,11H2,2-3H3,(H,19,20). The Hall–Kier alpha value is -2.95. The molecule has 0 fully saturated rings. The van der Waals surface area contributed by atoms with Gasteiger partial charge in [0.15, 0.2) is 11.5 Å². The van der Waals surface area contributed by atoms with Gasteiger partial charge in [-0.1, -0.05) is 12.7 Å². The van der Waals surface area contributed by atoms with Gasteiger partial charge in [0.2, 0.25) is 0 Å². The van der Waals surface area contributed by atoms with E-state index in [9.17, 15) is 4.79 Å². The Labute approximate surface area is 135 Å². The van der Waals surface area contributed by atoms with Gasteiger partial charge in [0, 0.05) is 11.3 Å². The predicted octanol–water partition coefficient (Wildman–Crippen LogP) is 3.52. The average molecular weight is 313 g/mol. The Morgan fingerprint density at radius 2 is 1.78 bits per heavy atom. The van der Waals surface area contributed by atoms with E-state index >= 15 is 0 Å². The highest BCUT2D eigenvalue weighted by atomic mass is 16.5. The summed E-state index contributed by atoms with van der Waals surface area (Å²) in [6, 6.07) is 12.1.